The highest BCUT2D eigenvalue weighted by molar-refractivity contribution is 5.74. The average molecular weight is 207 g/mol. The second-order valence-corrected chi connectivity index (χ2v) is 4.18. The van der Waals surface area contributed by atoms with Crippen LogP contribution in [0.25, 0.3) is 0 Å². The molecule has 0 unspecified atom stereocenters. The highest BCUT2D eigenvalue weighted by Crippen LogP contribution is 2.16. The van der Waals surface area contributed by atoms with Crippen molar-refractivity contribution in [2.24, 2.45) is 5.73 Å². The third-order valence-corrected chi connectivity index (χ3v) is 2.07. The van der Waals surface area contributed by atoms with E-state index in [0.29, 0.717) is 6.61 Å². The SMILES string of the molecule is CC(C)(CC(N)=O)OCc1ccccc1. The van der Waals surface area contributed by atoms with Crippen molar-refractivity contribution >= 4 is 5.91 Å². The Kier molecular flexibility index (Phi) is 3.86. The average Bonchev–Trinajstić information content (AvgIpc) is 2.15. The Hall–Kier alpha value is -1.35. The van der Waals surface area contributed by atoms with Crippen molar-refractivity contribution in [3.63, 3.8) is 0 Å². The van der Waals surface area contributed by atoms with Gasteiger partial charge in [0, 0.05) is 0 Å². The Morgan fingerprint density at radius 2 is 1.93 bits per heavy atom. The zero-order valence-electron chi connectivity index (χ0n) is 9.19. The predicted octanol–water partition coefficient (Wildman–Crippen LogP) is 1.86. The molecule has 1 aromatic rings. The van der Waals surface area contributed by atoms with Crippen molar-refractivity contribution in [1.29, 1.82) is 0 Å². The molecule has 1 rings (SSSR count). The van der Waals surface area contributed by atoms with E-state index >= 15 is 0 Å². The Bertz CT molecular complexity index is 320. The molecule has 2 N–H and O–H groups in total. The summed E-state index contributed by atoms with van der Waals surface area (Å²) in [4.78, 5) is 10.8. The molecule has 0 atom stereocenters. The number of carbonyl (C=O) groups excluding carboxylic acids is 1. The van der Waals surface area contributed by atoms with Crippen LogP contribution in [-0.2, 0) is 16.1 Å². The highest BCUT2D eigenvalue weighted by atomic mass is 16.5. The maximum atomic E-state index is 10.8. The van der Waals surface area contributed by atoms with Crippen molar-refractivity contribution in [3.8, 4) is 0 Å². The van der Waals surface area contributed by atoms with E-state index < -0.39 is 5.60 Å². The molecule has 0 radical (unpaired) electrons. The summed E-state index contributed by atoms with van der Waals surface area (Å²) in [6.45, 7) is 4.22. The highest BCUT2D eigenvalue weighted by Gasteiger charge is 2.21. The van der Waals surface area contributed by atoms with Gasteiger partial charge in [0.25, 0.3) is 0 Å². The zero-order chi connectivity index (χ0) is 11.3. The number of nitrogens with two attached hydrogens (primary N) is 1. The van der Waals surface area contributed by atoms with Gasteiger partial charge in [-0.25, -0.2) is 0 Å². The molecule has 3 nitrogen and oxygen atoms in total. The summed E-state index contributed by atoms with van der Waals surface area (Å²) < 4.78 is 5.63. The minimum absolute atomic E-state index is 0.236. The molecular weight excluding hydrogens is 190 g/mol. The van der Waals surface area contributed by atoms with Crippen LogP contribution < -0.4 is 5.73 Å². The summed E-state index contributed by atoms with van der Waals surface area (Å²) in [7, 11) is 0. The first-order chi connectivity index (χ1) is 6.99. The molecule has 0 fully saturated rings. The molecular formula is C12H17NO2. The molecule has 15 heavy (non-hydrogen) atoms. The standard InChI is InChI=1S/C12H17NO2/c1-12(2,8-11(13)14)15-9-10-6-4-3-5-7-10/h3-7H,8-9H2,1-2H3,(H2,13,14). The number of primary amides is 1. The van der Waals surface area contributed by atoms with Gasteiger partial charge in [-0.2, -0.15) is 0 Å². The van der Waals surface area contributed by atoms with Gasteiger partial charge in [-0.15, -0.1) is 0 Å². The van der Waals surface area contributed by atoms with Crippen molar-refractivity contribution < 1.29 is 9.53 Å². The lowest BCUT2D eigenvalue weighted by Gasteiger charge is -2.23. The number of amides is 1. The Balaban J connectivity index is 2.46. The first-order valence-corrected chi connectivity index (χ1v) is 4.96. The van der Waals surface area contributed by atoms with Gasteiger partial charge in [0.2, 0.25) is 5.91 Å². The van der Waals surface area contributed by atoms with Gasteiger partial charge in [0.1, 0.15) is 0 Å². The van der Waals surface area contributed by atoms with Gasteiger partial charge in [-0.3, -0.25) is 4.79 Å². The molecule has 0 bridgehead atoms. The van der Waals surface area contributed by atoms with Gasteiger partial charge in [0.15, 0.2) is 0 Å². The molecule has 0 aliphatic rings. The molecule has 0 heterocycles. The van der Waals surface area contributed by atoms with Crippen molar-refractivity contribution in [2.75, 3.05) is 0 Å². The van der Waals surface area contributed by atoms with Gasteiger partial charge in [0.05, 0.1) is 18.6 Å². The van der Waals surface area contributed by atoms with Crippen LogP contribution in [0.1, 0.15) is 25.8 Å². The van der Waals surface area contributed by atoms with E-state index in [4.69, 9.17) is 10.5 Å². The summed E-state index contributed by atoms with van der Waals surface area (Å²) >= 11 is 0. The minimum atomic E-state index is -0.498. The third-order valence-electron chi connectivity index (χ3n) is 2.07. The number of hydrogen-bond donors (Lipinski definition) is 1. The lowest BCUT2D eigenvalue weighted by molar-refractivity contribution is -0.125. The summed E-state index contributed by atoms with van der Waals surface area (Å²) in [5, 5.41) is 0. The van der Waals surface area contributed by atoms with E-state index in [1.54, 1.807) is 0 Å². The maximum Gasteiger partial charge on any atom is 0.220 e. The fraction of sp³-hybridized carbons (Fsp3) is 0.417. The Labute approximate surface area is 90.2 Å². The molecule has 0 saturated carbocycles. The van der Waals surface area contributed by atoms with Crippen LogP contribution in [0.2, 0.25) is 0 Å². The summed E-state index contributed by atoms with van der Waals surface area (Å²) in [6.07, 6.45) is 0.236. The molecule has 1 aromatic carbocycles. The smallest absolute Gasteiger partial charge is 0.220 e. The molecule has 0 aromatic heterocycles. The molecule has 0 aliphatic carbocycles. The van der Waals surface area contributed by atoms with Gasteiger partial charge >= 0.3 is 0 Å². The number of rotatable bonds is 5. The molecule has 1 amide bonds. The topological polar surface area (TPSA) is 52.3 Å². The Morgan fingerprint density at radius 1 is 1.33 bits per heavy atom. The monoisotopic (exact) mass is 207 g/mol. The second kappa shape index (κ2) is 4.94. The maximum absolute atomic E-state index is 10.8. The first-order valence-electron chi connectivity index (χ1n) is 4.96. The third kappa shape index (κ3) is 4.61. The van der Waals surface area contributed by atoms with Crippen LogP contribution in [0, 0.1) is 0 Å². The fourth-order valence-corrected chi connectivity index (χ4v) is 1.32. The predicted molar refractivity (Wildman–Crippen MR) is 59.1 cm³/mol. The van der Waals surface area contributed by atoms with Crippen LogP contribution in [0.3, 0.4) is 0 Å². The van der Waals surface area contributed by atoms with Crippen LogP contribution in [-0.4, -0.2) is 11.5 Å². The van der Waals surface area contributed by atoms with Crippen molar-refractivity contribution in [1.82, 2.24) is 0 Å². The van der Waals surface area contributed by atoms with E-state index in [-0.39, 0.29) is 12.3 Å². The number of hydrogen-bond acceptors (Lipinski definition) is 2. The number of benzene rings is 1. The van der Waals surface area contributed by atoms with Crippen LogP contribution in [0.15, 0.2) is 30.3 Å². The van der Waals surface area contributed by atoms with Crippen molar-refractivity contribution in [3.05, 3.63) is 35.9 Å². The quantitative estimate of drug-likeness (QED) is 0.801. The molecule has 0 saturated heterocycles. The Morgan fingerprint density at radius 3 is 2.47 bits per heavy atom. The molecule has 0 spiro atoms. The van der Waals surface area contributed by atoms with E-state index in [9.17, 15) is 4.79 Å². The normalized spacial score (nSPS) is 11.3. The van der Waals surface area contributed by atoms with E-state index in [0.717, 1.165) is 5.56 Å². The fourth-order valence-electron chi connectivity index (χ4n) is 1.32. The summed E-state index contributed by atoms with van der Waals surface area (Å²) in [5.74, 6) is -0.340. The van der Waals surface area contributed by atoms with Crippen LogP contribution in [0.5, 0.6) is 0 Å². The molecule has 0 aliphatic heterocycles. The van der Waals surface area contributed by atoms with Gasteiger partial charge in [-0.05, 0) is 19.4 Å². The second-order valence-electron chi connectivity index (χ2n) is 4.18. The zero-order valence-corrected chi connectivity index (χ0v) is 9.19. The van der Waals surface area contributed by atoms with E-state index in [1.807, 2.05) is 44.2 Å². The lowest BCUT2D eigenvalue weighted by Crippen LogP contribution is -2.31. The minimum Gasteiger partial charge on any atom is -0.370 e. The van der Waals surface area contributed by atoms with Gasteiger partial charge < -0.3 is 10.5 Å². The van der Waals surface area contributed by atoms with E-state index in [2.05, 4.69) is 0 Å². The first kappa shape index (κ1) is 11.7. The van der Waals surface area contributed by atoms with Gasteiger partial charge in [-0.1, -0.05) is 30.3 Å². The number of ether oxygens (including phenoxy) is 1. The number of carbonyl (C=O) groups is 1. The largest absolute Gasteiger partial charge is 0.370 e. The molecule has 3 heteroatoms. The van der Waals surface area contributed by atoms with Crippen LogP contribution >= 0.6 is 0 Å². The summed E-state index contributed by atoms with van der Waals surface area (Å²) in [6, 6.07) is 9.85. The lowest BCUT2D eigenvalue weighted by atomic mass is 10.0. The van der Waals surface area contributed by atoms with Crippen molar-refractivity contribution in [2.45, 2.75) is 32.5 Å². The molecule has 82 valence electrons. The summed E-state index contributed by atoms with van der Waals surface area (Å²) in [5.41, 5.74) is 5.72. The van der Waals surface area contributed by atoms with Crippen LogP contribution in [0.4, 0.5) is 0 Å². The van der Waals surface area contributed by atoms with E-state index in [1.165, 1.54) is 0 Å².